The largest absolute Gasteiger partial charge is 1.00 e. The molecule has 0 aliphatic heterocycles. The Morgan fingerprint density at radius 2 is 2.00 bits per heavy atom. The Morgan fingerprint density at radius 1 is 1.50 bits per heavy atom. The van der Waals surface area contributed by atoms with Crippen molar-refractivity contribution in [2.45, 2.75) is 13.8 Å². The van der Waals surface area contributed by atoms with Crippen LogP contribution in [0.1, 0.15) is 13.8 Å². The molecule has 1 aromatic rings. The number of carboxylic acids is 1. The molecule has 3 nitrogen and oxygen atoms in total. The molecular weight excluding hydrogens is 377 g/mol. The van der Waals surface area contributed by atoms with Crippen LogP contribution in [0.25, 0.3) is 0 Å². The molecule has 0 radical (unpaired) electrons. The summed E-state index contributed by atoms with van der Waals surface area (Å²) in [6.45, 7) is 7.22. The van der Waals surface area contributed by atoms with Crippen molar-refractivity contribution in [3.8, 4) is 5.75 Å². The fourth-order valence-corrected chi connectivity index (χ4v) is 1.82. The predicted octanol–water partition coefficient (Wildman–Crippen LogP) is -0.340. The second-order valence-electron chi connectivity index (χ2n) is 3.31. The molecule has 0 aliphatic rings. The van der Waals surface area contributed by atoms with Gasteiger partial charge in [-0.1, -0.05) is 18.2 Å². The number of carbonyl (C=O) groups is 1. The summed E-state index contributed by atoms with van der Waals surface area (Å²) in [6, 6.07) is 5.56. The van der Waals surface area contributed by atoms with E-state index in [4.69, 9.17) is 26.2 Å². The molecule has 18 heavy (non-hydrogen) atoms. The summed E-state index contributed by atoms with van der Waals surface area (Å²) in [6.07, 6.45) is 0. The van der Waals surface area contributed by atoms with Crippen molar-refractivity contribution in [2.75, 3.05) is 6.61 Å². The zero-order chi connectivity index (χ0) is 13.4. The van der Waals surface area contributed by atoms with Gasteiger partial charge < -0.3 is 14.6 Å². The Balaban J connectivity index is 0. The Morgan fingerprint density at radius 3 is 2.39 bits per heavy atom. The molecule has 0 saturated heterocycles. The SMILES string of the molecule is C=C(C)COc1ccc(Cl)cc1I.CC(=O)[O-].[Na+]. The van der Waals surface area contributed by atoms with Crippen LogP contribution in [0.5, 0.6) is 5.75 Å². The number of benzene rings is 1. The van der Waals surface area contributed by atoms with Crippen molar-refractivity contribution < 1.29 is 44.2 Å². The zero-order valence-electron chi connectivity index (χ0n) is 10.6. The normalized spacial score (nSPS) is 8.44. The van der Waals surface area contributed by atoms with E-state index in [0.717, 1.165) is 26.8 Å². The zero-order valence-corrected chi connectivity index (χ0v) is 15.5. The van der Waals surface area contributed by atoms with Crippen LogP contribution in [-0.2, 0) is 4.79 Å². The maximum atomic E-state index is 8.89. The number of hydrogen-bond donors (Lipinski definition) is 0. The summed E-state index contributed by atoms with van der Waals surface area (Å²) < 4.78 is 6.51. The molecule has 0 amide bonds. The van der Waals surface area contributed by atoms with E-state index >= 15 is 0 Å². The van der Waals surface area contributed by atoms with Gasteiger partial charge in [0.25, 0.3) is 0 Å². The first-order chi connectivity index (χ1) is 7.82. The van der Waals surface area contributed by atoms with Crippen molar-refractivity contribution in [3.05, 3.63) is 38.9 Å². The fraction of sp³-hybridized carbons (Fsp3) is 0.250. The molecule has 0 fully saturated rings. The summed E-state index contributed by atoms with van der Waals surface area (Å²) in [5.74, 6) is -0.229. The van der Waals surface area contributed by atoms with Gasteiger partial charge >= 0.3 is 29.6 Å². The van der Waals surface area contributed by atoms with Crippen molar-refractivity contribution >= 4 is 40.2 Å². The van der Waals surface area contributed by atoms with Gasteiger partial charge in [-0.3, -0.25) is 0 Å². The average Bonchev–Trinajstić information content (AvgIpc) is 2.15. The molecule has 94 valence electrons. The first-order valence-corrected chi connectivity index (χ1v) is 6.18. The van der Waals surface area contributed by atoms with Crippen LogP contribution in [0.2, 0.25) is 5.02 Å². The molecule has 0 saturated carbocycles. The number of carbonyl (C=O) groups excluding carboxylic acids is 1. The maximum Gasteiger partial charge on any atom is 1.00 e. The van der Waals surface area contributed by atoms with Crippen LogP contribution in [0, 0.1) is 3.57 Å². The van der Waals surface area contributed by atoms with Gasteiger partial charge in [0.1, 0.15) is 12.4 Å². The van der Waals surface area contributed by atoms with E-state index < -0.39 is 5.97 Å². The van der Waals surface area contributed by atoms with Crippen LogP contribution >= 0.6 is 34.2 Å². The van der Waals surface area contributed by atoms with Gasteiger partial charge in [-0.2, -0.15) is 0 Å². The summed E-state index contributed by atoms with van der Waals surface area (Å²) in [4.78, 5) is 8.89. The third-order valence-corrected chi connectivity index (χ3v) is 2.45. The third kappa shape index (κ3) is 11.3. The number of rotatable bonds is 3. The van der Waals surface area contributed by atoms with Crippen LogP contribution in [0.3, 0.4) is 0 Å². The molecule has 0 bridgehead atoms. The molecule has 1 rings (SSSR count). The monoisotopic (exact) mass is 390 g/mol. The first kappa shape index (κ1) is 20.6. The van der Waals surface area contributed by atoms with Gasteiger partial charge in [0.05, 0.1) is 3.57 Å². The smallest absolute Gasteiger partial charge is 0.550 e. The van der Waals surface area contributed by atoms with Gasteiger partial charge in [0.15, 0.2) is 0 Å². The van der Waals surface area contributed by atoms with Gasteiger partial charge in [0.2, 0.25) is 0 Å². The first-order valence-electron chi connectivity index (χ1n) is 4.72. The van der Waals surface area contributed by atoms with Crippen LogP contribution < -0.4 is 39.4 Å². The quantitative estimate of drug-likeness (QED) is 0.403. The third-order valence-electron chi connectivity index (χ3n) is 1.37. The minimum absolute atomic E-state index is 0. The van der Waals surface area contributed by atoms with E-state index in [1.807, 2.05) is 25.1 Å². The number of aliphatic carboxylic acids is 1. The van der Waals surface area contributed by atoms with Crippen molar-refractivity contribution in [1.29, 1.82) is 0 Å². The molecule has 0 aromatic heterocycles. The summed E-state index contributed by atoms with van der Waals surface area (Å²) in [5, 5.41) is 9.62. The molecule has 6 heteroatoms. The van der Waals surface area contributed by atoms with Crippen LogP contribution in [-0.4, -0.2) is 12.6 Å². The van der Waals surface area contributed by atoms with E-state index in [2.05, 4.69) is 29.2 Å². The fourth-order valence-electron chi connectivity index (χ4n) is 0.793. The molecule has 0 heterocycles. The molecule has 0 unspecified atom stereocenters. The summed E-state index contributed by atoms with van der Waals surface area (Å²) >= 11 is 8.00. The van der Waals surface area contributed by atoms with Crippen molar-refractivity contribution in [3.63, 3.8) is 0 Å². The van der Waals surface area contributed by atoms with Crippen molar-refractivity contribution in [2.24, 2.45) is 0 Å². The van der Waals surface area contributed by atoms with E-state index in [1.54, 1.807) is 0 Å². The Kier molecular flexibility index (Phi) is 12.7. The minimum atomic E-state index is -1.08. The number of ether oxygens (including phenoxy) is 1. The summed E-state index contributed by atoms with van der Waals surface area (Å²) in [7, 11) is 0. The van der Waals surface area contributed by atoms with Crippen LogP contribution in [0.4, 0.5) is 0 Å². The summed E-state index contributed by atoms with van der Waals surface area (Å²) in [5.41, 5.74) is 1.01. The minimum Gasteiger partial charge on any atom is -0.550 e. The molecule has 0 spiro atoms. The Bertz CT molecular complexity index is 406. The molecule has 0 N–H and O–H groups in total. The van der Waals surface area contributed by atoms with E-state index in [-0.39, 0.29) is 29.6 Å². The predicted molar refractivity (Wildman–Crippen MR) is 75.2 cm³/mol. The van der Waals surface area contributed by atoms with E-state index in [1.165, 1.54) is 0 Å². The van der Waals surface area contributed by atoms with Gasteiger partial charge in [-0.15, -0.1) is 0 Å². The number of halogens is 2. The van der Waals surface area contributed by atoms with E-state index in [9.17, 15) is 0 Å². The van der Waals surface area contributed by atoms with Crippen LogP contribution in [0.15, 0.2) is 30.4 Å². The standard InChI is InChI=1S/C10H10ClIO.C2H4O2.Na/c1-7(2)6-13-10-4-3-8(11)5-9(10)12;1-2(3)4;/h3-5H,1,6H2,2H3;1H3,(H,3,4);/q;;+1/p-1. The molecular formula is C12H13ClINaO3. The number of carboxylic acid groups (broad SMARTS) is 1. The van der Waals surface area contributed by atoms with E-state index in [0.29, 0.717) is 6.61 Å². The van der Waals surface area contributed by atoms with Gasteiger partial charge in [-0.25, -0.2) is 0 Å². The average molecular weight is 391 g/mol. The Hall–Kier alpha value is 0.250. The molecule has 0 atom stereocenters. The van der Waals surface area contributed by atoms with Crippen molar-refractivity contribution in [1.82, 2.24) is 0 Å². The maximum absolute atomic E-state index is 8.89. The molecule has 0 aliphatic carbocycles. The topological polar surface area (TPSA) is 49.4 Å². The Labute approximate surface area is 148 Å². The second kappa shape index (κ2) is 11.1. The number of hydrogen-bond acceptors (Lipinski definition) is 3. The molecule has 1 aromatic carbocycles. The van der Waals surface area contributed by atoms with Gasteiger partial charge in [-0.05, 0) is 60.2 Å². The van der Waals surface area contributed by atoms with Gasteiger partial charge in [0, 0.05) is 11.0 Å². The second-order valence-corrected chi connectivity index (χ2v) is 4.91.